The van der Waals surface area contributed by atoms with Gasteiger partial charge in [-0.3, -0.25) is 9.59 Å². The minimum Gasteiger partial charge on any atom is -0.487 e. The van der Waals surface area contributed by atoms with Crippen molar-refractivity contribution in [2.24, 2.45) is 7.05 Å². The highest BCUT2D eigenvalue weighted by Crippen LogP contribution is 2.34. The van der Waals surface area contributed by atoms with E-state index >= 15 is 0 Å². The number of aryl methyl sites for hydroxylation is 2. The van der Waals surface area contributed by atoms with Crippen LogP contribution in [0.5, 0.6) is 5.75 Å². The molecule has 0 bridgehead atoms. The zero-order valence-electron chi connectivity index (χ0n) is 20.7. The quantitative estimate of drug-likeness (QED) is 0.344. The molecule has 0 aliphatic heterocycles. The first-order valence-corrected chi connectivity index (χ1v) is 12.1. The average molecular weight is 516 g/mol. The molecule has 5 rings (SSSR count). The van der Waals surface area contributed by atoms with E-state index in [0.29, 0.717) is 27.4 Å². The summed E-state index contributed by atoms with van der Waals surface area (Å²) < 4.78 is 9.75. The topological polar surface area (TPSA) is 108 Å². The van der Waals surface area contributed by atoms with E-state index in [0.717, 1.165) is 28.0 Å². The van der Waals surface area contributed by atoms with Crippen molar-refractivity contribution in [2.75, 3.05) is 5.73 Å². The molecule has 8 nitrogen and oxygen atoms in total. The van der Waals surface area contributed by atoms with Gasteiger partial charge < -0.3 is 24.6 Å². The lowest BCUT2D eigenvalue weighted by Crippen LogP contribution is -2.27. The Morgan fingerprint density at radius 1 is 1.08 bits per heavy atom. The second-order valence-corrected chi connectivity index (χ2v) is 9.40. The third kappa shape index (κ3) is 4.51. The molecule has 1 aromatic carbocycles. The average Bonchev–Trinajstić information content (AvgIpc) is 3.21. The Morgan fingerprint density at radius 2 is 1.89 bits per heavy atom. The van der Waals surface area contributed by atoms with Crippen LogP contribution in [0.15, 0.2) is 70.5 Å². The number of nitrogens with zero attached hydrogens (tertiary/aromatic N) is 3. The van der Waals surface area contributed by atoms with Crippen LogP contribution in [-0.4, -0.2) is 19.1 Å². The van der Waals surface area contributed by atoms with E-state index < -0.39 is 0 Å². The van der Waals surface area contributed by atoms with Crippen molar-refractivity contribution >= 4 is 28.2 Å². The molecule has 0 saturated heterocycles. The molecule has 0 aliphatic rings. The van der Waals surface area contributed by atoms with Crippen molar-refractivity contribution in [3.05, 3.63) is 109 Å². The Bertz CT molecular complexity index is 1770. The molecule has 0 atom stereocenters. The highest BCUT2D eigenvalue weighted by molar-refractivity contribution is 6.31. The van der Waals surface area contributed by atoms with Crippen LogP contribution in [0.1, 0.15) is 22.5 Å². The monoisotopic (exact) mass is 515 g/mol. The minimum atomic E-state index is -0.383. The molecule has 0 saturated carbocycles. The second-order valence-electron chi connectivity index (χ2n) is 8.99. The molecule has 0 aliphatic carbocycles. The van der Waals surface area contributed by atoms with Crippen LogP contribution in [0, 0.1) is 13.8 Å². The molecule has 188 valence electrons. The van der Waals surface area contributed by atoms with Crippen molar-refractivity contribution in [2.45, 2.75) is 27.0 Å². The number of pyridine rings is 3. The van der Waals surface area contributed by atoms with Crippen molar-refractivity contribution in [1.29, 1.82) is 0 Å². The summed E-state index contributed by atoms with van der Waals surface area (Å²) in [6.45, 7) is 4.03. The van der Waals surface area contributed by atoms with Crippen LogP contribution in [0.2, 0.25) is 5.02 Å². The van der Waals surface area contributed by atoms with Gasteiger partial charge in [-0.1, -0.05) is 23.7 Å². The lowest BCUT2D eigenvalue weighted by molar-refractivity contribution is 0.307. The predicted octanol–water partition coefficient (Wildman–Crippen LogP) is 4.57. The third-order valence-electron chi connectivity index (χ3n) is 6.59. The molecule has 4 aromatic heterocycles. The molecule has 4 heterocycles. The van der Waals surface area contributed by atoms with Crippen LogP contribution in [-0.2, 0) is 20.2 Å². The summed E-state index contributed by atoms with van der Waals surface area (Å²) in [6.07, 6.45) is 3.00. The molecule has 0 fully saturated rings. The fourth-order valence-electron chi connectivity index (χ4n) is 4.47. The van der Waals surface area contributed by atoms with Gasteiger partial charge in [0.25, 0.3) is 11.1 Å². The zero-order valence-corrected chi connectivity index (χ0v) is 21.5. The van der Waals surface area contributed by atoms with E-state index in [9.17, 15) is 9.59 Å². The zero-order chi connectivity index (χ0) is 26.3. The van der Waals surface area contributed by atoms with Gasteiger partial charge in [0.05, 0.1) is 17.3 Å². The number of aromatic nitrogens is 4. The van der Waals surface area contributed by atoms with Crippen molar-refractivity contribution in [3.8, 4) is 17.0 Å². The minimum absolute atomic E-state index is 0.00233. The SMILES string of the molecule is Cc1cc(-c2ccc(C)n2C)c2cccc(OCc3c(Cl)c[nH]c(=O)c3Cn3cccc(N)c3=O)c2n1. The summed E-state index contributed by atoms with van der Waals surface area (Å²) in [7, 11) is 2.04. The number of halogens is 1. The lowest BCUT2D eigenvalue weighted by Gasteiger charge is -2.16. The molecule has 5 aromatic rings. The van der Waals surface area contributed by atoms with Crippen molar-refractivity contribution < 1.29 is 4.74 Å². The Hall–Kier alpha value is -4.30. The number of nitrogens with one attached hydrogen (secondary N) is 1. The first-order chi connectivity index (χ1) is 17.7. The summed E-state index contributed by atoms with van der Waals surface area (Å²) in [5, 5.41) is 1.28. The van der Waals surface area contributed by atoms with Gasteiger partial charge in [-0.15, -0.1) is 0 Å². The van der Waals surface area contributed by atoms with Crippen LogP contribution in [0.3, 0.4) is 0 Å². The molecular weight excluding hydrogens is 490 g/mol. The van der Waals surface area contributed by atoms with Gasteiger partial charge in [0.1, 0.15) is 17.9 Å². The maximum atomic E-state index is 12.8. The number of para-hydroxylation sites is 1. The number of hydrogen-bond donors (Lipinski definition) is 2. The molecular formula is C28H26ClN5O3. The van der Waals surface area contributed by atoms with E-state index in [1.807, 2.05) is 32.2 Å². The number of aromatic amines is 1. The molecule has 37 heavy (non-hydrogen) atoms. The molecule has 9 heteroatoms. The van der Waals surface area contributed by atoms with Gasteiger partial charge in [0, 0.05) is 58.6 Å². The number of fused-ring (bicyclic) bond motifs is 1. The summed E-state index contributed by atoms with van der Waals surface area (Å²) in [4.78, 5) is 32.6. The number of H-pyrrole nitrogens is 1. The van der Waals surface area contributed by atoms with E-state index in [1.165, 1.54) is 16.8 Å². The Kier molecular flexibility index (Phi) is 6.35. The highest BCUT2D eigenvalue weighted by atomic mass is 35.5. The third-order valence-corrected chi connectivity index (χ3v) is 6.92. The van der Waals surface area contributed by atoms with Gasteiger partial charge >= 0.3 is 0 Å². The number of anilines is 1. The standard InChI is InChI=1S/C28H26ClN5O3/c1-16-12-19(24-10-9-17(2)33(24)3)18-6-4-8-25(26(18)32-16)37-15-21-20(27(35)31-13-22(21)29)14-34-11-5-7-23(30)28(34)36/h4-13H,14-15,30H2,1-3H3,(H,31,35). The molecule has 0 unspecified atom stereocenters. The van der Waals surface area contributed by atoms with E-state index in [1.54, 1.807) is 12.3 Å². The Labute approximate surface area is 217 Å². The van der Waals surface area contributed by atoms with Gasteiger partial charge in [0.15, 0.2) is 0 Å². The number of rotatable bonds is 6. The van der Waals surface area contributed by atoms with E-state index in [-0.39, 0.29) is 30.0 Å². The summed E-state index contributed by atoms with van der Waals surface area (Å²) in [5.41, 5.74) is 10.8. The number of nitrogens with two attached hydrogens (primary N) is 1. The van der Waals surface area contributed by atoms with Crippen LogP contribution < -0.4 is 21.6 Å². The number of nitrogen functional groups attached to an aromatic ring is 1. The van der Waals surface area contributed by atoms with Crippen LogP contribution in [0.25, 0.3) is 22.2 Å². The largest absolute Gasteiger partial charge is 0.487 e. The summed E-state index contributed by atoms with van der Waals surface area (Å²) in [5.74, 6) is 0.566. The van der Waals surface area contributed by atoms with Crippen molar-refractivity contribution in [1.82, 2.24) is 19.1 Å². The van der Waals surface area contributed by atoms with Gasteiger partial charge in [-0.2, -0.15) is 0 Å². The smallest absolute Gasteiger partial charge is 0.273 e. The highest BCUT2D eigenvalue weighted by Gasteiger charge is 2.17. The maximum Gasteiger partial charge on any atom is 0.273 e. The Balaban J connectivity index is 1.55. The number of benzene rings is 1. The van der Waals surface area contributed by atoms with E-state index in [4.69, 9.17) is 27.1 Å². The van der Waals surface area contributed by atoms with Crippen LogP contribution >= 0.6 is 11.6 Å². The Morgan fingerprint density at radius 3 is 2.65 bits per heavy atom. The first-order valence-electron chi connectivity index (χ1n) is 11.7. The maximum absolute atomic E-state index is 12.8. The van der Waals surface area contributed by atoms with E-state index in [2.05, 4.69) is 34.7 Å². The molecule has 0 radical (unpaired) electrons. The summed E-state index contributed by atoms with van der Waals surface area (Å²) in [6, 6.07) is 15.2. The molecule has 3 N–H and O–H groups in total. The second kappa shape index (κ2) is 9.63. The van der Waals surface area contributed by atoms with Gasteiger partial charge in [-0.05, 0) is 50.2 Å². The van der Waals surface area contributed by atoms with Crippen molar-refractivity contribution in [3.63, 3.8) is 0 Å². The fraction of sp³-hybridized carbons (Fsp3) is 0.179. The number of hydrogen-bond acceptors (Lipinski definition) is 5. The predicted molar refractivity (Wildman–Crippen MR) is 146 cm³/mol. The number of ether oxygens (including phenoxy) is 1. The normalized spacial score (nSPS) is 11.2. The molecule has 0 amide bonds. The van der Waals surface area contributed by atoms with Gasteiger partial charge in [-0.25, -0.2) is 4.98 Å². The van der Waals surface area contributed by atoms with Gasteiger partial charge in [0.2, 0.25) is 0 Å². The first kappa shape index (κ1) is 24.4. The summed E-state index contributed by atoms with van der Waals surface area (Å²) >= 11 is 6.49. The lowest BCUT2D eigenvalue weighted by atomic mass is 10.0. The fourth-order valence-corrected chi connectivity index (χ4v) is 4.69. The van der Waals surface area contributed by atoms with Crippen LogP contribution in [0.4, 0.5) is 5.69 Å². The molecule has 0 spiro atoms.